The van der Waals surface area contributed by atoms with Crippen LogP contribution in [0.5, 0.6) is 5.75 Å². The van der Waals surface area contributed by atoms with Crippen molar-refractivity contribution in [1.82, 2.24) is 0 Å². The number of aryl methyl sites for hydroxylation is 1. The lowest BCUT2D eigenvalue weighted by molar-refractivity contribution is 0.470. The highest BCUT2D eigenvalue weighted by atomic mass is 127. The smallest absolute Gasteiger partial charge is 0.119 e. The van der Waals surface area contributed by atoms with Gasteiger partial charge in [0.15, 0.2) is 0 Å². The Morgan fingerprint density at radius 3 is 2.60 bits per heavy atom. The summed E-state index contributed by atoms with van der Waals surface area (Å²) in [5, 5.41) is 9.19. The third-order valence-electron chi connectivity index (χ3n) is 1.27. The first-order valence-corrected chi connectivity index (χ1v) is 4.32. The number of hydrogen-bond acceptors (Lipinski definition) is 2. The molecule has 0 radical (unpaired) electrons. The van der Waals surface area contributed by atoms with E-state index in [9.17, 15) is 5.11 Å². The molecule has 0 amide bonds. The van der Waals surface area contributed by atoms with Crippen molar-refractivity contribution < 1.29 is 5.11 Å². The molecule has 0 bridgehead atoms. The molecule has 0 aromatic heterocycles. The maximum absolute atomic E-state index is 9.19. The summed E-state index contributed by atoms with van der Waals surface area (Å²) in [6.07, 6.45) is 0. The zero-order chi connectivity index (χ0) is 7.72. The van der Waals surface area contributed by atoms with Gasteiger partial charge in [-0.1, -0.05) is 0 Å². The van der Waals surface area contributed by atoms with Crippen molar-refractivity contribution >= 4 is 35.2 Å². The third kappa shape index (κ3) is 1.58. The second-order valence-electron chi connectivity index (χ2n) is 2.09. The molecule has 1 aromatic carbocycles. The Labute approximate surface area is 79.0 Å². The number of thiol groups is 1. The van der Waals surface area contributed by atoms with Crippen LogP contribution in [0.15, 0.2) is 17.0 Å². The van der Waals surface area contributed by atoms with Gasteiger partial charge in [0.1, 0.15) is 5.75 Å². The molecule has 0 unspecified atom stereocenters. The predicted octanol–water partition coefficient (Wildman–Crippen LogP) is 2.59. The van der Waals surface area contributed by atoms with Gasteiger partial charge < -0.3 is 5.11 Å². The molecular formula is C7H7IOS. The largest absolute Gasteiger partial charge is 0.508 e. The molecule has 10 heavy (non-hydrogen) atoms. The van der Waals surface area contributed by atoms with Gasteiger partial charge >= 0.3 is 0 Å². The number of rotatable bonds is 0. The van der Waals surface area contributed by atoms with Gasteiger partial charge in [-0.05, 0) is 47.2 Å². The van der Waals surface area contributed by atoms with Crippen LogP contribution in [0, 0.1) is 10.5 Å². The Balaban J connectivity index is 3.28. The fourth-order valence-corrected chi connectivity index (χ4v) is 1.36. The Kier molecular flexibility index (Phi) is 2.46. The molecule has 0 saturated carbocycles. The zero-order valence-electron chi connectivity index (χ0n) is 5.43. The number of benzene rings is 1. The van der Waals surface area contributed by atoms with Crippen LogP contribution < -0.4 is 0 Å². The van der Waals surface area contributed by atoms with Crippen molar-refractivity contribution in [1.29, 1.82) is 0 Å². The Morgan fingerprint density at radius 1 is 1.50 bits per heavy atom. The van der Waals surface area contributed by atoms with Crippen molar-refractivity contribution in [2.75, 3.05) is 0 Å². The van der Waals surface area contributed by atoms with Crippen LogP contribution >= 0.6 is 35.2 Å². The fraction of sp³-hybridized carbons (Fsp3) is 0.143. The first-order chi connectivity index (χ1) is 4.61. The van der Waals surface area contributed by atoms with Crippen LogP contribution in [0.3, 0.4) is 0 Å². The Hall–Kier alpha value is 0.1000. The summed E-state index contributed by atoms with van der Waals surface area (Å²) in [7, 11) is 0. The van der Waals surface area contributed by atoms with Gasteiger partial charge in [0, 0.05) is 8.47 Å². The summed E-state index contributed by atoms with van der Waals surface area (Å²) >= 11 is 6.33. The molecule has 3 heteroatoms. The van der Waals surface area contributed by atoms with Crippen LogP contribution in [0.2, 0.25) is 0 Å². The SMILES string of the molecule is Cc1cc(S)c(I)cc1O. The van der Waals surface area contributed by atoms with Gasteiger partial charge in [-0.25, -0.2) is 0 Å². The summed E-state index contributed by atoms with van der Waals surface area (Å²) in [6.45, 7) is 1.85. The average molecular weight is 266 g/mol. The van der Waals surface area contributed by atoms with Gasteiger partial charge in [-0.3, -0.25) is 0 Å². The monoisotopic (exact) mass is 266 g/mol. The number of phenolic OH excluding ortho intramolecular Hbond substituents is 1. The summed E-state index contributed by atoms with van der Waals surface area (Å²) in [6, 6.07) is 3.55. The lowest BCUT2D eigenvalue weighted by atomic mass is 10.2. The molecule has 54 valence electrons. The molecule has 0 fully saturated rings. The Morgan fingerprint density at radius 2 is 2.10 bits per heavy atom. The standard InChI is InChI=1S/C7H7IOS/c1-4-2-7(10)5(8)3-6(4)9/h2-3,9-10H,1H3. The van der Waals surface area contributed by atoms with Gasteiger partial charge in [0.2, 0.25) is 0 Å². The highest BCUT2D eigenvalue weighted by Crippen LogP contribution is 2.24. The molecule has 0 heterocycles. The molecule has 0 aliphatic rings. The molecule has 1 N–H and O–H groups in total. The molecule has 1 nitrogen and oxygen atoms in total. The molecule has 0 saturated heterocycles. The van der Waals surface area contributed by atoms with E-state index < -0.39 is 0 Å². The molecule has 1 aromatic rings. The molecular weight excluding hydrogens is 259 g/mol. The maximum atomic E-state index is 9.19. The minimum absolute atomic E-state index is 0.335. The molecule has 0 spiro atoms. The van der Waals surface area contributed by atoms with E-state index in [1.807, 2.05) is 13.0 Å². The first kappa shape index (κ1) is 8.20. The van der Waals surface area contributed by atoms with Crippen LogP contribution in [0.25, 0.3) is 0 Å². The minimum Gasteiger partial charge on any atom is -0.508 e. The first-order valence-electron chi connectivity index (χ1n) is 2.79. The van der Waals surface area contributed by atoms with Crippen LogP contribution in [0.1, 0.15) is 5.56 Å². The highest BCUT2D eigenvalue weighted by molar-refractivity contribution is 14.1. The van der Waals surface area contributed by atoms with E-state index in [-0.39, 0.29) is 0 Å². The number of phenols is 1. The fourth-order valence-electron chi connectivity index (χ4n) is 0.656. The third-order valence-corrected chi connectivity index (χ3v) is 2.95. The van der Waals surface area contributed by atoms with Crippen molar-refractivity contribution in [3.8, 4) is 5.75 Å². The number of hydrogen-bond donors (Lipinski definition) is 2. The van der Waals surface area contributed by atoms with E-state index in [1.54, 1.807) is 6.07 Å². The van der Waals surface area contributed by atoms with Gasteiger partial charge in [-0.2, -0.15) is 0 Å². The van der Waals surface area contributed by atoms with E-state index in [0.717, 1.165) is 14.0 Å². The molecule has 0 aliphatic heterocycles. The summed E-state index contributed by atoms with van der Waals surface area (Å²) in [5.41, 5.74) is 0.866. The number of aromatic hydroxyl groups is 1. The predicted molar refractivity (Wildman–Crippen MR) is 52.8 cm³/mol. The van der Waals surface area contributed by atoms with E-state index in [0.29, 0.717) is 5.75 Å². The summed E-state index contributed by atoms with van der Waals surface area (Å²) < 4.78 is 0.976. The lowest BCUT2D eigenvalue weighted by Gasteiger charge is -2.00. The summed E-state index contributed by atoms with van der Waals surface area (Å²) in [4.78, 5) is 0.913. The van der Waals surface area contributed by atoms with Gasteiger partial charge in [-0.15, -0.1) is 12.6 Å². The average Bonchev–Trinajstić information content (AvgIpc) is 1.84. The quantitative estimate of drug-likeness (QED) is 0.546. The van der Waals surface area contributed by atoms with Crippen molar-refractivity contribution in [3.05, 3.63) is 21.3 Å². The van der Waals surface area contributed by atoms with E-state index in [4.69, 9.17) is 0 Å². The second-order valence-corrected chi connectivity index (χ2v) is 3.73. The Bertz CT molecular complexity index is 210. The minimum atomic E-state index is 0.335. The summed E-state index contributed by atoms with van der Waals surface area (Å²) in [5.74, 6) is 0.335. The van der Waals surface area contributed by atoms with Crippen molar-refractivity contribution in [3.63, 3.8) is 0 Å². The highest BCUT2D eigenvalue weighted by Gasteiger charge is 1.99. The van der Waals surface area contributed by atoms with Crippen LogP contribution in [-0.2, 0) is 0 Å². The van der Waals surface area contributed by atoms with Crippen molar-refractivity contribution in [2.45, 2.75) is 11.8 Å². The van der Waals surface area contributed by atoms with E-state index in [2.05, 4.69) is 35.2 Å². The molecule has 0 aliphatic carbocycles. The van der Waals surface area contributed by atoms with Gasteiger partial charge in [0.25, 0.3) is 0 Å². The topological polar surface area (TPSA) is 20.2 Å². The van der Waals surface area contributed by atoms with Crippen LogP contribution in [-0.4, -0.2) is 5.11 Å². The van der Waals surface area contributed by atoms with Crippen LogP contribution in [0.4, 0.5) is 0 Å². The van der Waals surface area contributed by atoms with E-state index in [1.165, 1.54) is 0 Å². The van der Waals surface area contributed by atoms with E-state index >= 15 is 0 Å². The molecule has 1 rings (SSSR count). The molecule has 0 atom stereocenters. The van der Waals surface area contributed by atoms with Crippen molar-refractivity contribution in [2.24, 2.45) is 0 Å². The number of halogens is 1. The second kappa shape index (κ2) is 3.00. The zero-order valence-corrected chi connectivity index (χ0v) is 8.48. The lowest BCUT2D eigenvalue weighted by Crippen LogP contribution is -1.79. The maximum Gasteiger partial charge on any atom is 0.119 e. The normalized spacial score (nSPS) is 9.90. The van der Waals surface area contributed by atoms with Gasteiger partial charge in [0.05, 0.1) is 0 Å².